The first-order valence-electron chi connectivity index (χ1n) is 5.07. The van der Waals surface area contributed by atoms with Crippen LogP contribution in [0.2, 0.25) is 0 Å². The van der Waals surface area contributed by atoms with Crippen molar-refractivity contribution >= 4 is 15.9 Å². The Morgan fingerprint density at radius 3 is 3.00 bits per heavy atom. The summed E-state index contributed by atoms with van der Waals surface area (Å²) >= 11 is 3.37. The summed E-state index contributed by atoms with van der Waals surface area (Å²) in [5, 5.41) is 4.22. The molecule has 0 amide bonds. The van der Waals surface area contributed by atoms with Gasteiger partial charge in [-0.1, -0.05) is 6.07 Å². The van der Waals surface area contributed by atoms with E-state index in [2.05, 4.69) is 26.0 Å². The van der Waals surface area contributed by atoms with Crippen LogP contribution >= 0.6 is 15.9 Å². The molecule has 2 heterocycles. The molecule has 0 bridgehead atoms. The van der Waals surface area contributed by atoms with Gasteiger partial charge in [0.15, 0.2) is 5.82 Å². The molecular formula is C11H13BrN4. The number of aromatic nitrogens is 3. The zero-order valence-electron chi connectivity index (χ0n) is 8.97. The number of pyridine rings is 1. The van der Waals surface area contributed by atoms with Crippen LogP contribution in [0.1, 0.15) is 12.5 Å². The first kappa shape index (κ1) is 11.3. The third kappa shape index (κ3) is 2.48. The second kappa shape index (κ2) is 4.76. The molecule has 0 radical (unpaired) electrons. The summed E-state index contributed by atoms with van der Waals surface area (Å²) < 4.78 is 2.69. The predicted molar refractivity (Wildman–Crippen MR) is 66.4 cm³/mol. The maximum Gasteiger partial charge on any atom is 0.156 e. The van der Waals surface area contributed by atoms with E-state index in [0.717, 1.165) is 22.3 Å². The maximum absolute atomic E-state index is 5.81. The summed E-state index contributed by atoms with van der Waals surface area (Å²) in [6, 6.07) is 4.06. The van der Waals surface area contributed by atoms with Crippen LogP contribution in [-0.2, 0) is 6.42 Å². The monoisotopic (exact) mass is 280 g/mol. The Kier molecular flexibility index (Phi) is 3.36. The fourth-order valence-corrected chi connectivity index (χ4v) is 1.84. The van der Waals surface area contributed by atoms with Crippen molar-refractivity contribution in [2.75, 3.05) is 0 Å². The molecule has 0 aromatic carbocycles. The van der Waals surface area contributed by atoms with Crippen LogP contribution in [0.3, 0.4) is 0 Å². The van der Waals surface area contributed by atoms with Crippen molar-refractivity contribution in [3.63, 3.8) is 0 Å². The van der Waals surface area contributed by atoms with Crippen molar-refractivity contribution in [1.82, 2.24) is 14.8 Å². The molecule has 0 saturated heterocycles. The molecule has 2 aromatic rings. The molecule has 2 N–H and O–H groups in total. The Bertz CT molecular complexity index is 478. The Labute approximate surface area is 103 Å². The van der Waals surface area contributed by atoms with Crippen molar-refractivity contribution in [2.45, 2.75) is 19.4 Å². The highest BCUT2D eigenvalue weighted by Gasteiger charge is 2.08. The molecule has 0 aliphatic rings. The Morgan fingerprint density at radius 2 is 2.38 bits per heavy atom. The molecule has 5 heteroatoms. The highest BCUT2D eigenvalue weighted by molar-refractivity contribution is 9.10. The molecule has 84 valence electrons. The van der Waals surface area contributed by atoms with Crippen molar-refractivity contribution < 1.29 is 0 Å². The molecule has 4 nitrogen and oxygen atoms in total. The highest BCUT2D eigenvalue weighted by Crippen LogP contribution is 2.15. The number of hydrogen-bond donors (Lipinski definition) is 1. The lowest BCUT2D eigenvalue weighted by Crippen LogP contribution is -2.19. The predicted octanol–water partition coefficient (Wildman–Crippen LogP) is 1.92. The van der Waals surface area contributed by atoms with E-state index in [-0.39, 0.29) is 6.04 Å². The Morgan fingerprint density at radius 1 is 1.56 bits per heavy atom. The smallest absolute Gasteiger partial charge is 0.156 e. The van der Waals surface area contributed by atoms with Gasteiger partial charge in [0.05, 0.1) is 10.7 Å². The molecular weight excluding hydrogens is 268 g/mol. The molecule has 1 atom stereocenters. The lowest BCUT2D eigenvalue weighted by Gasteiger charge is -2.09. The zero-order chi connectivity index (χ0) is 11.5. The van der Waals surface area contributed by atoms with Crippen molar-refractivity contribution in [3.05, 3.63) is 40.8 Å². The largest absolute Gasteiger partial charge is 0.328 e. The van der Waals surface area contributed by atoms with Gasteiger partial charge in [-0.05, 0) is 40.9 Å². The quantitative estimate of drug-likeness (QED) is 0.935. The summed E-state index contributed by atoms with van der Waals surface area (Å²) in [4.78, 5) is 4.34. The van der Waals surface area contributed by atoms with Crippen LogP contribution in [0.4, 0.5) is 0 Å². The Balaban J connectivity index is 2.40. The summed E-state index contributed by atoms with van der Waals surface area (Å²) in [5.74, 6) is 0.838. The van der Waals surface area contributed by atoms with E-state index >= 15 is 0 Å². The van der Waals surface area contributed by atoms with E-state index in [9.17, 15) is 0 Å². The molecule has 0 saturated carbocycles. The van der Waals surface area contributed by atoms with E-state index < -0.39 is 0 Å². The fraction of sp³-hybridized carbons (Fsp3) is 0.273. The lowest BCUT2D eigenvalue weighted by molar-refractivity contribution is 0.720. The molecule has 2 rings (SSSR count). The molecule has 0 fully saturated rings. The molecule has 1 unspecified atom stereocenters. The summed E-state index contributed by atoms with van der Waals surface area (Å²) in [7, 11) is 0. The van der Waals surface area contributed by atoms with E-state index in [1.807, 2.05) is 25.3 Å². The van der Waals surface area contributed by atoms with E-state index in [1.165, 1.54) is 0 Å². The van der Waals surface area contributed by atoms with Gasteiger partial charge < -0.3 is 5.73 Å². The van der Waals surface area contributed by atoms with Crippen molar-refractivity contribution in [1.29, 1.82) is 0 Å². The maximum atomic E-state index is 5.81. The Hall–Kier alpha value is -1.20. The minimum Gasteiger partial charge on any atom is -0.328 e. The number of nitrogens with zero attached hydrogens (tertiary/aromatic N) is 3. The van der Waals surface area contributed by atoms with Gasteiger partial charge in [0, 0.05) is 18.4 Å². The summed E-state index contributed by atoms with van der Waals surface area (Å²) in [6.07, 6.45) is 6.17. The standard InChI is InChI=1S/C11H13BrN4/c1-8(13)5-9-3-2-4-14-11(9)16-7-10(12)6-15-16/h2-4,6-8H,5,13H2,1H3. The third-order valence-corrected chi connectivity index (χ3v) is 2.59. The number of halogens is 1. The first-order chi connectivity index (χ1) is 7.66. The second-order valence-corrected chi connectivity index (χ2v) is 4.69. The van der Waals surface area contributed by atoms with Crippen LogP contribution in [0.5, 0.6) is 0 Å². The van der Waals surface area contributed by atoms with Crippen molar-refractivity contribution in [2.24, 2.45) is 5.73 Å². The number of hydrogen-bond acceptors (Lipinski definition) is 3. The fourth-order valence-electron chi connectivity index (χ4n) is 1.56. The van der Waals surface area contributed by atoms with Gasteiger partial charge in [-0.15, -0.1) is 0 Å². The number of rotatable bonds is 3. The zero-order valence-corrected chi connectivity index (χ0v) is 10.6. The SMILES string of the molecule is CC(N)Cc1cccnc1-n1cc(Br)cn1. The van der Waals surface area contributed by atoms with E-state index in [4.69, 9.17) is 5.73 Å². The molecule has 0 aliphatic heterocycles. The average molecular weight is 281 g/mol. The third-order valence-electron chi connectivity index (χ3n) is 2.18. The molecule has 16 heavy (non-hydrogen) atoms. The van der Waals surface area contributed by atoms with Crippen LogP contribution in [0.15, 0.2) is 35.2 Å². The van der Waals surface area contributed by atoms with Crippen LogP contribution < -0.4 is 5.73 Å². The molecule has 0 spiro atoms. The van der Waals surface area contributed by atoms with Gasteiger partial charge in [0.25, 0.3) is 0 Å². The first-order valence-corrected chi connectivity index (χ1v) is 5.86. The second-order valence-electron chi connectivity index (χ2n) is 3.77. The van der Waals surface area contributed by atoms with Crippen LogP contribution in [-0.4, -0.2) is 20.8 Å². The lowest BCUT2D eigenvalue weighted by atomic mass is 10.1. The van der Waals surface area contributed by atoms with Gasteiger partial charge in [-0.2, -0.15) is 5.10 Å². The minimum absolute atomic E-state index is 0.113. The van der Waals surface area contributed by atoms with Gasteiger partial charge in [0.1, 0.15) is 0 Å². The summed E-state index contributed by atoms with van der Waals surface area (Å²) in [6.45, 7) is 1.98. The van der Waals surface area contributed by atoms with Gasteiger partial charge in [-0.3, -0.25) is 0 Å². The van der Waals surface area contributed by atoms with Crippen LogP contribution in [0.25, 0.3) is 5.82 Å². The minimum atomic E-state index is 0.113. The van der Waals surface area contributed by atoms with E-state index in [0.29, 0.717) is 0 Å². The van der Waals surface area contributed by atoms with Crippen molar-refractivity contribution in [3.8, 4) is 5.82 Å². The highest BCUT2D eigenvalue weighted by atomic mass is 79.9. The van der Waals surface area contributed by atoms with Gasteiger partial charge in [-0.25, -0.2) is 9.67 Å². The van der Waals surface area contributed by atoms with Gasteiger partial charge >= 0.3 is 0 Å². The molecule has 2 aromatic heterocycles. The number of nitrogens with two attached hydrogens (primary N) is 1. The topological polar surface area (TPSA) is 56.7 Å². The normalized spacial score (nSPS) is 12.7. The summed E-state index contributed by atoms with van der Waals surface area (Å²) in [5.41, 5.74) is 6.91. The van der Waals surface area contributed by atoms with Gasteiger partial charge in [0.2, 0.25) is 0 Å². The average Bonchev–Trinajstić information content (AvgIpc) is 2.65. The molecule has 0 aliphatic carbocycles. The van der Waals surface area contributed by atoms with Crippen LogP contribution in [0, 0.1) is 0 Å². The van der Waals surface area contributed by atoms with E-state index in [1.54, 1.807) is 17.1 Å².